The minimum atomic E-state index is -0.398. The first-order chi connectivity index (χ1) is 8.63. The summed E-state index contributed by atoms with van der Waals surface area (Å²) < 4.78 is 5.27. The molecular formula is C14H18N2OS. The molecule has 1 unspecified atom stereocenters. The van der Waals surface area contributed by atoms with Crippen LogP contribution in [0.1, 0.15) is 11.6 Å². The molecule has 1 aromatic rings. The van der Waals surface area contributed by atoms with Gasteiger partial charge in [0.15, 0.2) is 0 Å². The molecule has 18 heavy (non-hydrogen) atoms. The number of hydrogen-bond donors (Lipinski definition) is 0. The summed E-state index contributed by atoms with van der Waals surface area (Å²) in [6.45, 7) is 1.05. The van der Waals surface area contributed by atoms with Crippen molar-refractivity contribution in [2.75, 3.05) is 33.6 Å². The zero-order valence-corrected chi connectivity index (χ0v) is 11.8. The molecule has 1 aliphatic rings. The molecule has 1 heterocycles. The largest absolute Gasteiger partial charge is 0.378 e. The molecular weight excluding hydrogens is 244 g/mol. The monoisotopic (exact) mass is 262 g/mol. The molecule has 1 aromatic carbocycles. The third-order valence-corrected chi connectivity index (χ3v) is 4.16. The Morgan fingerprint density at radius 2 is 1.94 bits per heavy atom. The lowest BCUT2D eigenvalue weighted by atomic mass is 9.76. The van der Waals surface area contributed by atoms with Gasteiger partial charge in [0.2, 0.25) is 0 Å². The Labute approximate surface area is 113 Å². The van der Waals surface area contributed by atoms with Gasteiger partial charge in [-0.3, -0.25) is 0 Å². The van der Waals surface area contributed by atoms with Crippen molar-refractivity contribution in [1.29, 1.82) is 5.26 Å². The first kappa shape index (κ1) is 13.4. The standard InChI is InChI=1S/C14H18N2OS/c1-16(2)13(14(8-15)9-17-10-14)11-4-6-12(18-3)7-5-11/h4-7,13H,9-10H2,1-3H3. The van der Waals surface area contributed by atoms with Crippen LogP contribution in [0.15, 0.2) is 29.2 Å². The lowest BCUT2D eigenvalue weighted by molar-refractivity contribution is -0.115. The molecule has 96 valence electrons. The van der Waals surface area contributed by atoms with E-state index in [2.05, 4.69) is 41.5 Å². The van der Waals surface area contributed by atoms with Gasteiger partial charge in [0.1, 0.15) is 5.41 Å². The van der Waals surface area contributed by atoms with Crippen molar-refractivity contribution in [2.45, 2.75) is 10.9 Å². The quantitative estimate of drug-likeness (QED) is 0.781. The van der Waals surface area contributed by atoms with Crippen LogP contribution < -0.4 is 0 Å². The highest BCUT2D eigenvalue weighted by molar-refractivity contribution is 7.98. The van der Waals surface area contributed by atoms with Crippen molar-refractivity contribution in [2.24, 2.45) is 5.41 Å². The molecule has 4 heteroatoms. The fraction of sp³-hybridized carbons (Fsp3) is 0.500. The Kier molecular flexibility index (Phi) is 3.96. The van der Waals surface area contributed by atoms with Gasteiger partial charge in [0, 0.05) is 4.90 Å². The fourth-order valence-corrected chi connectivity index (χ4v) is 2.91. The van der Waals surface area contributed by atoms with E-state index in [0.29, 0.717) is 13.2 Å². The summed E-state index contributed by atoms with van der Waals surface area (Å²) >= 11 is 1.73. The maximum atomic E-state index is 9.46. The van der Waals surface area contributed by atoms with Gasteiger partial charge < -0.3 is 9.64 Å². The molecule has 0 aromatic heterocycles. The summed E-state index contributed by atoms with van der Waals surface area (Å²) in [6, 6.07) is 11.0. The Morgan fingerprint density at radius 1 is 1.33 bits per heavy atom. The minimum Gasteiger partial charge on any atom is -0.378 e. The summed E-state index contributed by atoms with van der Waals surface area (Å²) in [5.41, 5.74) is 0.785. The molecule has 0 radical (unpaired) electrons. The maximum absolute atomic E-state index is 9.46. The van der Waals surface area contributed by atoms with Crippen LogP contribution in [0.25, 0.3) is 0 Å². The van der Waals surface area contributed by atoms with Crippen LogP contribution in [-0.4, -0.2) is 38.5 Å². The molecule has 1 aliphatic heterocycles. The minimum absolute atomic E-state index is 0.0900. The highest BCUT2D eigenvalue weighted by Gasteiger charge is 2.48. The number of thioether (sulfide) groups is 1. The van der Waals surface area contributed by atoms with E-state index in [0.717, 1.165) is 0 Å². The van der Waals surface area contributed by atoms with Crippen molar-refractivity contribution in [3.8, 4) is 6.07 Å². The van der Waals surface area contributed by atoms with E-state index in [1.54, 1.807) is 11.8 Å². The predicted octanol–water partition coefficient (Wildman–Crippen LogP) is 2.55. The van der Waals surface area contributed by atoms with E-state index in [9.17, 15) is 5.26 Å². The van der Waals surface area contributed by atoms with Gasteiger partial charge in [-0.1, -0.05) is 12.1 Å². The van der Waals surface area contributed by atoms with Crippen LogP contribution in [0.5, 0.6) is 0 Å². The zero-order valence-electron chi connectivity index (χ0n) is 11.0. The van der Waals surface area contributed by atoms with Gasteiger partial charge in [-0.15, -0.1) is 11.8 Å². The molecule has 3 nitrogen and oxygen atoms in total. The van der Waals surface area contributed by atoms with E-state index >= 15 is 0 Å². The highest BCUT2D eigenvalue weighted by atomic mass is 32.2. The second kappa shape index (κ2) is 5.31. The first-order valence-corrected chi connectivity index (χ1v) is 7.15. The predicted molar refractivity (Wildman–Crippen MR) is 73.5 cm³/mol. The topological polar surface area (TPSA) is 36.3 Å². The van der Waals surface area contributed by atoms with Gasteiger partial charge in [-0.05, 0) is 38.0 Å². The summed E-state index contributed by atoms with van der Waals surface area (Å²) in [4.78, 5) is 3.35. The third-order valence-electron chi connectivity index (χ3n) is 3.41. The smallest absolute Gasteiger partial charge is 0.123 e. The second-order valence-electron chi connectivity index (χ2n) is 4.90. The summed E-state index contributed by atoms with van der Waals surface area (Å²) in [5.74, 6) is 0. The number of nitriles is 1. The van der Waals surface area contributed by atoms with Crippen LogP contribution in [0, 0.1) is 16.7 Å². The second-order valence-corrected chi connectivity index (χ2v) is 5.78. The summed E-state index contributed by atoms with van der Waals surface area (Å²) in [6.07, 6.45) is 2.06. The molecule has 0 spiro atoms. The molecule has 0 saturated carbocycles. The van der Waals surface area contributed by atoms with Crippen molar-refractivity contribution < 1.29 is 4.74 Å². The van der Waals surface area contributed by atoms with Gasteiger partial charge >= 0.3 is 0 Å². The average Bonchev–Trinajstić information content (AvgIpc) is 2.33. The third kappa shape index (κ3) is 2.26. The molecule has 1 atom stereocenters. The number of ether oxygens (including phenoxy) is 1. The van der Waals surface area contributed by atoms with E-state index in [-0.39, 0.29) is 6.04 Å². The Balaban J connectivity index is 2.33. The molecule has 1 fully saturated rings. The van der Waals surface area contributed by atoms with E-state index in [1.165, 1.54) is 10.5 Å². The van der Waals surface area contributed by atoms with Crippen LogP contribution in [-0.2, 0) is 4.74 Å². The van der Waals surface area contributed by atoms with Crippen LogP contribution in [0.2, 0.25) is 0 Å². The van der Waals surface area contributed by atoms with Crippen molar-refractivity contribution in [1.82, 2.24) is 4.90 Å². The SMILES string of the molecule is CSc1ccc(C(N(C)C)C2(C#N)COC2)cc1. The summed E-state index contributed by atoms with van der Waals surface area (Å²) in [5, 5.41) is 9.46. The van der Waals surface area contributed by atoms with Crippen LogP contribution in [0.3, 0.4) is 0 Å². The molecule has 0 bridgehead atoms. The number of hydrogen-bond acceptors (Lipinski definition) is 4. The van der Waals surface area contributed by atoms with Gasteiger partial charge in [-0.2, -0.15) is 5.26 Å². The van der Waals surface area contributed by atoms with Crippen LogP contribution >= 0.6 is 11.8 Å². The van der Waals surface area contributed by atoms with Gasteiger partial charge in [0.05, 0.1) is 25.3 Å². The van der Waals surface area contributed by atoms with E-state index < -0.39 is 5.41 Å². The number of benzene rings is 1. The van der Waals surface area contributed by atoms with Crippen molar-refractivity contribution in [3.05, 3.63) is 29.8 Å². The number of nitrogens with zero attached hydrogens (tertiary/aromatic N) is 2. The summed E-state index contributed by atoms with van der Waals surface area (Å²) in [7, 11) is 4.04. The lowest BCUT2D eigenvalue weighted by Gasteiger charge is -2.44. The van der Waals surface area contributed by atoms with E-state index in [4.69, 9.17) is 4.74 Å². The molecule has 0 amide bonds. The lowest BCUT2D eigenvalue weighted by Crippen LogP contribution is -2.50. The first-order valence-electron chi connectivity index (χ1n) is 5.92. The normalized spacial score (nSPS) is 19.1. The zero-order chi connectivity index (χ0) is 13.2. The maximum Gasteiger partial charge on any atom is 0.123 e. The van der Waals surface area contributed by atoms with Crippen LogP contribution in [0.4, 0.5) is 0 Å². The van der Waals surface area contributed by atoms with Crippen molar-refractivity contribution in [3.63, 3.8) is 0 Å². The van der Waals surface area contributed by atoms with E-state index in [1.807, 2.05) is 14.1 Å². The Hall–Kier alpha value is -1.02. The number of rotatable bonds is 4. The molecule has 0 N–H and O–H groups in total. The van der Waals surface area contributed by atoms with Crippen molar-refractivity contribution >= 4 is 11.8 Å². The van der Waals surface area contributed by atoms with Gasteiger partial charge in [0.25, 0.3) is 0 Å². The fourth-order valence-electron chi connectivity index (χ4n) is 2.50. The molecule has 2 rings (SSSR count). The Morgan fingerprint density at radius 3 is 2.28 bits per heavy atom. The highest BCUT2D eigenvalue weighted by Crippen LogP contribution is 2.43. The van der Waals surface area contributed by atoms with Gasteiger partial charge in [-0.25, -0.2) is 0 Å². The Bertz CT molecular complexity index is 446. The molecule has 1 saturated heterocycles. The average molecular weight is 262 g/mol. The molecule has 0 aliphatic carbocycles.